The van der Waals surface area contributed by atoms with Crippen molar-refractivity contribution in [3.63, 3.8) is 0 Å². The lowest BCUT2D eigenvalue weighted by molar-refractivity contribution is -0.161. The smallest absolute Gasteiger partial charge is 0.462 e. The normalized spacial score (nSPS) is 14.3. The van der Waals surface area contributed by atoms with E-state index in [0.717, 1.165) is 32.1 Å². The fourth-order valence-corrected chi connectivity index (χ4v) is 2.98. The molecule has 0 aromatic rings. The van der Waals surface area contributed by atoms with Gasteiger partial charge in [0.2, 0.25) is 0 Å². The van der Waals surface area contributed by atoms with Gasteiger partial charge in [0, 0.05) is 19.4 Å². The quantitative estimate of drug-likeness (QED) is 0.193. The molecule has 0 fully saturated rings. The van der Waals surface area contributed by atoms with Crippen molar-refractivity contribution in [1.82, 2.24) is 0 Å². The average Bonchev–Trinajstić information content (AvgIpc) is 2.66. The molecule has 2 atom stereocenters. The monoisotopic (exact) mass is 425 g/mol. The first-order chi connectivity index (χ1) is 13.3. The highest BCUT2D eigenvalue weighted by atomic mass is 31.2. The molecule has 0 aliphatic heterocycles. The second-order valence-corrected chi connectivity index (χ2v) is 7.90. The third kappa shape index (κ3) is 16.0. The topological polar surface area (TPSA) is 134 Å². The minimum Gasteiger partial charge on any atom is -0.462 e. The lowest BCUT2D eigenvalue weighted by Gasteiger charge is -2.19. The molecule has 0 saturated heterocycles. The Morgan fingerprint density at radius 2 is 1.54 bits per heavy atom. The van der Waals surface area contributed by atoms with Crippen molar-refractivity contribution >= 4 is 19.8 Å². The third-order valence-corrected chi connectivity index (χ3v) is 4.73. The van der Waals surface area contributed by atoms with Crippen LogP contribution in [0.5, 0.6) is 0 Å². The van der Waals surface area contributed by atoms with Crippen LogP contribution in [-0.2, 0) is 32.7 Å². The highest BCUT2D eigenvalue weighted by Gasteiger charge is 2.25. The van der Waals surface area contributed by atoms with E-state index < -0.39 is 32.5 Å². The van der Waals surface area contributed by atoms with Gasteiger partial charge in [0.15, 0.2) is 6.10 Å². The van der Waals surface area contributed by atoms with Crippen LogP contribution in [0.2, 0.25) is 0 Å². The van der Waals surface area contributed by atoms with Crippen LogP contribution in [-0.4, -0.2) is 49.3 Å². The van der Waals surface area contributed by atoms with Gasteiger partial charge in [0.05, 0.1) is 13.2 Å². The van der Waals surface area contributed by atoms with Gasteiger partial charge in [-0.15, -0.1) is 0 Å². The predicted molar refractivity (Wildman–Crippen MR) is 105 cm³/mol. The summed E-state index contributed by atoms with van der Waals surface area (Å²) in [5.74, 6) is -0.883. The van der Waals surface area contributed by atoms with E-state index in [0.29, 0.717) is 12.8 Å². The van der Waals surface area contributed by atoms with Gasteiger partial charge in [-0.3, -0.25) is 18.6 Å². The first kappa shape index (κ1) is 27.0. The Hall–Kier alpha value is -0.990. The largest absolute Gasteiger partial charge is 0.472 e. The van der Waals surface area contributed by atoms with Crippen molar-refractivity contribution in [3.8, 4) is 0 Å². The standard InChI is InChI=1S/C18H36NO8P/c1-3-5-7-9-11-18(21)27-16(14-24-17(20)10-8-6-4-2)15-26-28(22,23)25-13-12-19/h16H,3-15,19H2,1-2H3,(H,22,23). The van der Waals surface area contributed by atoms with Crippen molar-refractivity contribution < 1.29 is 37.6 Å². The van der Waals surface area contributed by atoms with Crippen molar-refractivity contribution in [3.05, 3.63) is 0 Å². The summed E-state index contributed by atoms with van der Waals surface area (Å²) in [5.41, 5.74) is 5.22. The van der Waals surface area contributed by atoms with Gasteiger partial charge in [-0.2, -0.15) is 0 Å². The van der Waals surface area contributed by atoms with Crippen molar-refractivity contribution in [2.75, 3.05) is 26.4 Å². The molecule has 0 aliphatic rings. The number of esters is 2. The number of hydrogen-bond acceptors (Lipinski definition) is 8. The molecule has 0 saturated carbocycles. The molecule has 0 aliphatic carbocycles. The molecule has 0 spiro atoms. The molecule has 0 rings (SSSR count). The SMILES string of the molecule is CCCCCCC(=O)OC(COC(=O)CCCCC)COP(=O)(O)OCCN. The molecule has 0 aromatic carbocycles. The molecule has 0 heterocycles. The number of carbonyl (C=O) groups is 2. The van der Waals surface area contributed by atoms with Crippen LogP contribution in [0.1, 0.15) is 71.6 Å². The first-order valence-electron chi connectivity index (χ1n) is 10.0. The lowest BCUT2D eigenvalue weighted by atomic mass is 10.1. The van der Waals surface area contributed by atoms with Gasteiger partial charge in [-0.1, -0.05) is 46.0 Å². The lowest BCUT2D eigenvalue weighted by Crippen LogP contribution is -2.29. The highest BCUT2D eigenvalue weighted by Crippen LogP contribution is 2.43. The molecule has 2 unspecified atom stereocenters. The number of rotatable bonds is 18. The zero-order valence-corrected chi connectivity index (χ0v) is 18.0. The number of hydrogen-bond donors (Lipinski definition) is 2. The Labute approximate surface area is 167 Å². The highest BCUT2D eigenvalue weighted by molar-refractivity contribution is 7.47. The predicted octanol–water partition coefficient (Wildman–Crippen LogP) is 3.08. The van der Waals surface area contributed by atoms with Crippen LogP contribution in [0.15, 0.2) is 0 Å². The van der Waals surface area contributed by atoms with E-state index in [2.05, 4.69) is 11.4 Å². The Balaban J connectivity index is 4.53. The summed E-state index contributed by atoms with van der Waals surface area (Å²) in [5, 5.41) is 0. The maximum Gasteiger partial charge on any atom is 0.472 e. The van der Waals surface area contributed by atoms with Crippen molar-refractivity contribution in [2.45, 2.75) is 77.7 Å². The van der Waals surface area contributed by atoms with E-state index in [1.54, 1.807) is 0 Å². The van der Waals surface area contributed by atoms with Crippen LogP contribution in [0, 0.1) is 0 Å². The second kappa shape index (κ2) is 16.9. The summed E-state index contributed by atoms with van der Waals surface area (Å²) in [6, 6.07) is 0. The van der Waals surface area contributed by atoms with E-state index in [-0.39, 0.29) is 32.6 Å². The molecule has 0 amide bonds. The summed E-state index contributed by atoms with van der Waals surface area (Å²) in [6.45, 7) is 3.32. The first-order valence-corrected chi connectivity index (χ1v) is 11.5. The summed E-state index contributed by atoms with van der Waals surface area (Å²) in [4.78, 5) is 33.3. The molecule has 0 aromatic heterocycles. The molecular weight excluding hydrogens is 389 g/mol. The van der Waals surface area contributed by atoms with Crippen molar-refractivity contribution in [1.29, 1.82) is 0 Å². The molecule has 0 radical (unpaired) electrons. The molecule has 3 N–H and O–H groups in total. The van der Waals surface area contributed by atoms with Gasteiger partial charge >= 0.3 is 19.8 Å². The van der Waals surface area contributed by atoms with Gasteiger partial charge in [0.1, 0.15) is 6.61 Å². The van der Waals surface area contributed by atoms with Gasteiger partial charge in [-0.05, 0) is 12.8 Å². The summed E-state index contributed by atoms with van der Waals surface area (Å²) in [7, 11) is -4.32. The molecular formula is C18H36NO8P. The minimum atomic E-state index is -4.32. The Morgan fingerprint density at radius 3 is 2.18 bits per heavy atom. The zero-order valence-electron chi connectivity index (χ0n) is 17.1. The number of ether oxygens (including phenoxy) is 2. The summed E-state index contributed by atoms with van der Waals surface area (Å²) >= 11 is 0. The molecule has 166 valence electrons. The Morgan fingerprint density at radius 1 is 0.929 bits per heavy atom. The third-order valence-electron chi connectivity index (χ3n) is 3.74. The average molecular weight is 425 g/mol. The number of unbranched alkanes of at least 4 members (excludes halogenated alkanes) is 5. The number of phosphoric ester groups is 1. The van der Waals surface area contributed by atoms with Crippen LogP contribution in [0.4, 0.5) is 0 Å². The fourth-order valence-electron chi connectivity index (χ4n) is 2.22. The Bertz CT molecular complexity index is 475. The van der Waals surface area contributed by atoms with E-state index in [9.17, 15) is 19.0 Å². The van der Waals surface area contributed by atoms with E-state index in [1.165, 1.54) is 0 Å². The van der Waals surface area contributed by atoms with Crippen LogP contribution in [0.3, 0.4) is 0 Å². The minimum absolute atomic E-state index is 0.0550. The van der Waals surface area contributed by atoms with E-state index in [4.69, 9.17) is 19.7 Å². The molecule has 9 nitrogen and oxygen atoms in total. The molecule has 10 heteroatoms. The second-order valence-electron chi connectivity index (χ2n) is 6.45. The number of carbonyl (C=O) groups excluding carboxylic acids is 2. The summed E-state index contributed by atoms with van der Waals surface area (Å²) < 4.78 is 31.6. The van der Waals surface area contributed by atoms with Gasteiger partial charge < -0.3 is 20.1 Å². The maximum atomic E-state index is 12.0. The van der Waals surface area contributed by atoms with Crippen molar-refractivity contribution in [2.24, 2.45) is 5.73 Å². The van der Waals surface area contributed by atoms with Gasteiger partial charge in [0.25, 0.3) is 0 Å². The zero-order chi connectivity index (χ0) is 21.3. The van der Waals surface area contributed by atoms with E-state index >= 15 is 0 Å². The number of phosphoric acid groups is 1. The Kier molecular flexibility index (Phi) is 16.3. The van der Waals surface area contributed by atoms with Crippen LogP contribution in [0.25, 0.3) is 0 Å². The van der Waals surface area contributed by atoms with Crippen LogP contribution >= 0.6 is 7.82 Å². The maximum absolute atomic E-state index is 12.0. The molecule has 28 heavy (non-hydrogen) atoms. The molecule has 0 bridgehead atoms. The van der Waals surface area contributed by atoms with E-state index in [1.807, 2.05) is 6.92 Å². The fraction of sp³-hybridized carbons (Fsp3) is 0.889. The number of nitrogens with two attached hydrogens (primary N) is 1. The summed E-state index contributed by atoms with van der Waals surface area (Å²) in [6.07, 6.45) is 5.80. The van der Waals surface area contributed by atoms with Crippen LogP contribution < -0.4 is 5.73 Å². The van der Waals surface area contributed by atoms with Gasteiger partial charge in [-0.25, -0.2) is 4.57 Å².